The van der Waals surface area contributed by atoms with Gasteiger partial charge in [0, 0.05) is 37.5 Å². The number of benzene rings is 1. The third kappa shape index (κ3) is 7.74. The van der Waals surface area contributed by atoms with E-state index in [4.69, 9.17) is 29.0 Å². The van der Waals surface area contributed by atoms with Gasteiger partial charge < -0.3 is 23.8 Å². The molecule has 1 fully saturated rings. The Morgan fingerprint density at radius 1 is 1.13 bits per heavy atom. The largest absolute Gasteiger partial charge is 0.489 e. The van der Waals surface area contributed by atoms with Crippen LogP contribution in [0.3, 0.4) is 0 Å². The quantitative estimate of drug-likeness (QED) is 0.129. The monoisotopic (exact) mass is 642 g/mol. The zero-order valence-electron chi connectivity index (χ0n) is 28.4. The van der Waals surface area contributed by atoms with E-state index in [-0.39, 0.29) is 5.60 Å². The van der Waals surface area contributed by atoms with E-state index < -0.39 is 17.7 Å². The van der Waals surface area contributed by atoms with Crippen LogP contribution in [0.25, 0.3) is 11.5 Å². The second kappa shape index (κ2) is 14.1. The van der Waals surface area contributed by atoms with Crippen LogP contribution in [-0.4, -0.2) is 75.0 Å². The minimum absolute atomic E-state index is 0.286. The number of fused-ring (bicyclic) bond motifs is 1. The van der Waals surface area contributed by atoms with Gasteiger partial charge in [-0.2, -0.15) is 9.61 Å². The Hall–Kier alpha value is -4.48. The summed E-state index contributed by atoms with van der Waals surface area (Å²) in [5.74, 6) is 1.66. The van der Waals surface area contributed by atoms with Gasteiger partial charge in [0.05, 0.1) is 36.7 Å². The maximum atomic E-state index is 13.3. The molecule has 5 rings (SSSR count). The molecule has 0 bridgehead atoms. The Bertz CT molecular complexity index is 1730. The molecule has 1 aliphatic rings. The maximum Gasteiger partial charge on any atom is 0.339 e. The van der Waals surface area contributed by atoms with Crippen molar-refractivity contribution in [2.45, 2.75) is 71.2 Å². The molecule has 4 aromatic rings. The second-order valence-corrected chi connectivity index (χ2v) is 13.1. The predicted octanol–water partition coefficient (Wildman–Crippen LogP) is 5.97. The molecule has 0 N–H and O–H groups in total. The number of anilines is 1. The minimum Gasteiger partial charge on any atom is -0.489 e. The lowest BCUT2D eigenvalue weighted by Gasteiger charge is -2.41. The lowest BCUT2D eigenvalue weighted by atomic mass is 9.92. The van der Waals surface area contributed by atoms with E-state index >= 15 is 0 Å². The molecule has 0 radical (unpaired) electrons. The molecular weight excluding hydrogens is 596 g/mol. The molecule has 1 aliphatic heterocycles. The first-order chi connectivity index (χ1) is 22.4. The zero-order chi connectivity index (χ0) is 33.8. The van der Waals surface area contributed by atoms with Gasteiger partial charge in [-0.3, -0.25) is 0 Å². The molecule has 1 atom stereocenters. The third-order valence-corrected chi connectivity index (χ3v) is 8.21. The smallest absolute Gasteiger partial charge is 0.339 e. The van der Waals surface area contributed by atoms with Gasteiger partial charge in [-0.25, -0.2) is 14.5 Å². The second-order valence-electron chi connectivity index (χ2n) is 13.1. The van der Waals surface area contributed by atoms with Crippen LogP contribution in [0.4, 0.5) is 5.82 Å². The van der Waals surface area contributed by atoms with Crippen LogP contribution in [0, 0.1) is 6.92 Å². The number of rotatable bonds is 13. The van der Waals surface area contributed by atoms with Gasteiger partial charge in [0.25, 0.3) is 0 Å². The van der Waals surface area contributed by atoms with E-state index in [1.807, 2.05) is 70.4 Å². The standard InChI is InChI=1S/C36H46N6O5/c1-9-19-45-28-14-12-11-13-27(28)21-26-23-37-41(24-26)30-22-29-38-25(3)31(32(34(43)44-8)47-35(4,5)6)33(42(29)39-30)40-17-15-36(7,16-18-40)46-20-10-2/h9-14,22-24,32H,1-2,15-21H2,3-8H3/t32-/m0/s1. The molecule has 250 valence electrons. The summed E-state index contributed by atoms with van der Waals surface area (Å²) >= 11 is 0. The Morgan fingerprint density at radius 3 is 2.53 bits per heavy atom. The number of aromatic nitrogens is 5. The predicted molar refractivity (Wildman–Crippen MR) is 181 cm³/mol. The van der Waals surface area contributed by atoms with Crippen molar-refractivity contribution in [2.24, 2.45) is 0 Å². The number of methoxy groups -OCH3 is 1. The van der Waals surface area contributed by atoms with E-state index in [0.717, 1.165) is 35.5 Å². The summed E-state index contributed by atoms with van der Waals surface area (Å²) in [7, 11) is 1.37. The molecule has 11 nitrogen and oxygen atoms in total. The summed E-state index contributed by atoms with van der Waals surface area (Å²) in [4.78, 5) is 20.5. The van der Waals surface area contributed by atoms with Gasteiger partial charge in [-0.15, -0.1) is 11.7 Å². The average Bonchev–Trinajstić information content (AvgIpc) is 3.68. The van der Waals surface area contributed by atoms with Crippen molar-refractivity contribution in [2.75, 3.05) is 38.3 Å². The Morgan fingerprint density at radius 2 is 1.85 bits per heavy atom. The fraction of sp³-hybridized carbons (Fsp3) is 0.444. The van der Waals surface area contributed by atoms with Crippen LogP contribution in [-0.2, 0) is 25.4 Å². The van der Waals surface area contributed by atoms with Crippen LogP contribution in [0.1, 0.15) is 69.0 Å². The SMILES string of the molecule is C=CCOc1ccccc1Cc1cnn(-c2cc3nc(C)c([C@H](OC(C)(C)C)C(=O)OC)c(N4CCC(C)(OCC=C)CC4)n3n2)c1. The highest BCUT2D eigenvalue weighted by atomic mass is 16.6. The number of nitrogens with zero attached hydrogens (tertiary/aromatic N) is 6. The fourth-order valence-electron chi connectivity index (χ4n) is 5.84. The lowest BCUT2D eigenvalue weighted by Crippen LogP contribution is -2.45. The number of carbonyl (C=O) groups is 1. The highest BCUT2D eigenvalue weighted by molar-refractivity contribution is 5.80. The van der Waals surface area contributed by atoms with Crippen molar-refractivity contribution < 1.29 is 23.7 Å². The highest BCUT2D eigenvalue weighted by Crippen LogP contribution is 2.38. The number of hydrogen-bond donors (Lipinski definition) is 0. The zero-order valence-corrected chi connectivity index (χ0v) is 28.4. The lowest BCUT2D eigenvalue weighted by molar-refractivity contribution is -0.164. The molecule has 1 aromatic carbocycles. The molecule has 4 heterocycles. The summed E-state index contributed by atoms with van der Waals surface area (Å²) in [6.45, 7) is 19.6. The van der Waals surface area contributed by atoms with Gasteiger partial charge in [0.15, 0.2) is 17.6 Å². The molecule has 47 heavy (non-hydrogen) atoms. The van der Waals surface area contributed by atoms with Crippen molar-refractivity contribution >= 4 is 17.4 Å². The molecule has 0 unspecified atom stereocenters. The van der Waals surface area contributed by atoms with Crippen LogP contribution in [0.5, 0.6) is 5.75 Å². The number of carbonyl (C=O) groups excluding carboxylic acids is 1. The van der Waals surface area contributed by atoms with E-state index in [9.17, 15) is 4.79 Å². The van der Waals surface area contributed by atoms with Crippen LogP contribution in [0.15, 0.2) is 68.0 Å². The molecule has 0 amide bonds. The average molecular weight is 643 g/mol. The van der Waals surface area contributed by atoms with Gasteiger partial charge >= 0.3 is 5.97 Å². The maximum absolute atomic E-state index is 13.3. The fourth-order valence-corrected chi connectivity index (χ4v) is 5.84. The molecule has 0 spiro atoms. The van der Waals surface area contributed by atoms with E-state index in [0.29, 0.717) is 55.4 Å². The van der Waals surface area contributed by atoms with Gasteiger partial charge in [-0.05, 0) is 64.7 Å². The molecule has 0 saturated carbocycles. The Labute approximate surface area is 276 Å². The minimum atomic E-state index is -1.01. The van der Waals surface area contributed by atoms with Crippen molar-refractivity contribution in [3.63, 3.8) is 0 Å². The van der Waals surface area contributed by atoms with E-state index in [2.05, 4.69) is 30.1 Å². The topological polar surface area (TPSA) is 105 Å². The van der Waals surface area contributed by atoms with Crippen molar-refractivity contribution in [1.82, 2.24) is 24.4 Å². The summed E-state index contributed by atoms with van der Waals surface area (Å²) in [6, 6.07) is 9.85. The first kappa shape index (κ1) is 33.9. The Kier molecular flexibility index (Phi) is 10.2. The number of aryl methyl sites for hydroxylation is 1. The van der Waals surface area contributed by atoms with Crippen molar-refractivity contribution in [3.05, 3.63) is 90.4 Å². The van der Waals surface area contributed by atoms with E-state index in [1.54, 1.807) is 21.3 Å². The highest BCUT2D eigenvalue weighted by Gasteiger charge is 2.38. The third-order valence-electron chi connectivity index (χ3n) is 8.21. The van der Waals surface area contributed by atoms with Gasteiger partial charge in [-0.1, -0.05) is 36.9 Å². The van der Waals surface area contributed by atoms with Crippen molar-refractivity contribution in [3.8, 4) is 11.6 Å². The molecule has 0 aliphatic carbocycles. The van der Waals surface area contributed by atoms with Crippen LogP contribution < -0.4 is 9.64 Å². The Balaban J connectivity index is 1.56. The first-order valence-corrected chi connectivity index (χ1v) is 16.0. The number of piperidine rings is 1. The molecular formula is C36H46N6O5. The van der Waals surface area contributed by atoms with Gasteiger partial charge in [0.2, 0.25) is 0 Å². The van der Waals surface area contributed by atoms with Crippen LogP contribution in [0.2, 0.25) is 0 Å². The first-order valence-electron chi connectivity index (χ1n) is 16.0. The van der Waals surface area contributed by atoms with Gasteiger partial charge in [0.1, 0.15) is 18.2 Å². The number of hydrogen-bond acceptors (Lipinski definition) is 9. The summed E-state index contributed by atoms with van der Waals surface area (Å²) in [5.41, 5.74) is 3.05. The molecule has 3 aromatic heterocycles. The summed E-state index contributed by atoms with van der Waals surface area (Å²) < 4.78 is 27.2. The number of esters is 1. The summed E-state index contributed by atoms with van der Waals surface area (Å²) in [6.07, 6.45) is 8.49. The normalized spacial score (nSPS) is 15.4. The molecule has 1 saturated heterocycles. The van der Waals surface area contributed by atoms with Crippen molar-refractivity contribution in [1.29, 1.82) is 0 Å². The summed E-state index contributed by atoms with van der Waals surface area (Å²) in [5, 5.41) is 9.66. The molecule has 11 heteroatoms. The van der Waals surface area contributed by atoms with E-state index in [1.165, 1.54) is 7.11 Å². The number of para-hydroxylation sites is 1. The number of ether oxygens (including phenoxy) is 4. The van der Waals surface area contributed by atoms with Crippen LogP contribution >= 0.6 is 0 Å².